The molecule has 0 N–H and O–H groups in total. The SMILES string of the molecule is Fc1cccc(CCc2ccc(-c3ccc(N4CCOCC4)cc3)cn2)c1. The quantitative estimate of drug-likeness (QED) is 0.668. The van der Waals surface area contributed by atoms with E-state index in [0.29, 0.717) is 0 Å². The van der Waals surface area contributed by atoms with Gasteiger partial charge in [0.15, 0.2) is 0 Å². The number of benzene rings is 2. The molecule has 0 spiro atoms. The molecular formula is C23H23FN2O. The molecule has 4 heteroatoms. The highest BCUT2D eigenvalue weighted by Gasteiger charge is 2.11. The summed E-state index contributed by atoms with van der Waals surface area (Å²) in [5, 5.41) is 0. The first-order valence-electron chi connectivity index (χ1n) is 9.40. The van der Waals surface area contributed by atoms with Crippen molar-refractivity contribution in [1.82, 2.24) is 4.98 Å². The van der Waals surface area contributed by atoms with Gasteiger partial charge in [-0.2, -0.15) is 0 Å². The van der Waals surface area contributed by atoms with E-state index in [9.17, 15) is 4.39 Å². The Balaban J connectivity index is 1.39. The van der Waals surface area contributed by atoms with Gasteiger partial charge in [0, 0.05) is 36.2 Å². The second kappa shape index (κ2) is 8.31. The van der Waals surface area contributed by atoms with Crippen molar-refractivity contribution < 1.29 is 9.13 Å². The number of hydrogen-bond acceptors (Lipinski definition) is 3. The number of rotatable bonds is 5. The minimum atomic E-state index is -0.184. The molecule has 0 amide bonds. The molecule has 0 saturated carbocycles. The van der Waals surface area contributed by atoms with Crippen LogP contribution in [-0.2, 0) is 17.6 Å². The predicted molar refractivity (Wildman–Crippen MR) is 107 cm³/mol. The van der Waals surface area contributed by atoms with Gasteiger partial charge in [-0.3, -0.25) is 4.98 Å². The van der Waals surface area contributed by atoms with Crippen molar-refractivity contribution in [3.8, 4) is 11.1 Å². The summed E-state index contributed by atoms with van der Waals surface area (Å²) < 4.78 is 18.7. The Hall–Kier alpha value is -2.72. The van der Waals surface area contributed by atoms with Crippen molar-refractivity contribution in [2.75, 3.05) is 31.2 Å². The van der Waals surface area contributed by atoms with Gasteiger partial charge in [0.1, 0.15) is 5.82 Å². The Kier molecular flexibility index (Phi) is 5.45. The lowest BCUT2D eigenvalue weighted by atomic mass is 10.0. The monoisotopic (exact) mass is 362 g/mol. The molecule has 0 bridgehead atoms. The number of ether oxygens (including phenoxy) is 1. The number of hydrogen-bond donors (Lipinski definition) is 0. The van der Waals surface area contributed by atoms with Gasteiger partial charge < -0.3 is 9.64 Å². The highest BCUT2D eigenvalue weighted by molar-refractivity contribution is 5.65. The van der Waals surface area contributed by atoms with E-state index in [4.69, 9.17) is 4.74 Å². The van der Waals surface area contributed by atoms with E-state index in [0.717, 1.165) is 61.5 Å². The summed E-state index contributed by atoms with van der Waals surface area (Å²) in [4.78, 5) is 6.93. The van der Waals surface area contributed by atoms with Crippen LogP contribution in [0.15, 0.2) is 66.9 Å². The molecule has 1 saturated heterocycles. The number of morpholine rings is 1. The summed E-state index contributed by atoms with van der Waals surface area (Å²) >= 11 is 0. The molecule has 3 aromatic rings. The van der Waals surface area contributed by atoms with E-state index < -0.39 is 0 Å². The fourth-order valence-corrected chi connectivity index (χ4v) is 3.39. The second-order valence-corrected chi connectivity index (χ2v) is 6.81. The van der Waals surface area contributed by atoms with Gasteiger partial charge >= 0.3 is 0 Å². The van der Waals surface area contributed by atoms with Crippen molar-refractivity contribution >= 4 is 5.69 Å². The Morgan fingerprint density at radius 3 is 2.37 bits per heavy atom. The molecule has 2 heterocycles. The average molecular weight is 362 g/mol. The molecule has 1 aromatic heterocycles. The van der Waals surface area contributed by atoms with Crippen LogP contribution in [0.5, 0.6) is 0 Å². The number of nitrogens with zero attached hydrogens (tertiary/aromatic N) is 2. The Labute approximate surface area is 159 Å². The lowest BCUT2D eigenvalue weighted by molar-refractivity contribution is 0.122. The van der Waals surface area contributed by atoms with E-state index in [1.165, 1.54) is 11.8 Å². The van der Waals surface area contributed by atoms with Gasteiger partial charge in [-0.25, -0.2) is 4.39 Å². The van der Waals surface area contributed by atoms with Crippen LogP contribution in [0.4, 0.5) is 10.1 Å². The first-order chi connectivity index (χ1) is 13.3. The zero-order chi connectivity index (χ0) is 18.5. The maximum atomic E-state index is 13.3. The molecule has 0 atom stereocenters. The fraction of sp³-hybridized carbons (Fsp3) is 0.261. The summed E-state index contributed by atoms with van der Waals surface area (Å²) in [5.41, 5.74) is 5.53. The molecule has 1 aliphatic rings. The van der Waals surface area contributed by atoms with Gasteiger partial charge in [0.2, 0.25) is 0 Å². The topological polar surface area (TPSA) is 25.4 Å². The van der Waals surface area contributed by atoms with Crippen LogP contribution in [0, 0.1) is 5.82 Å². The van der Waals surface area contributed by atoms with Crippen molar-refractivity contribution in [3.05, 3.63) is 83.9 Å². The number of aryl methyl sites for hydroxylation is 2. The first-order valence-corrected chi connectivity index (χ1v) is 9.40. The van der Waals surface area contributed by atoms with Crippen LogP contribution in [-0.4, -0.2) is 31.3 Å². The minimum Gasteiger partial charge on any atom is -0.378 e. The van der Waals surface area contributed by atoms with E-state index in [1.807, 2.05) is 12.3 Å². The number of aromatic nitrogens is 1. The van der Waals surface area contributed by atoms with E-state index in [2.05, 4.69) is 46.3 Å². The second-order valence-electron chi connectivity index (χ2n) is 6.81. The number of anilines is 1. The molecule has 0 unspecified atom stereocenters. The highest BCUT2D eigenvalue weighted by Crippen LogP contribution is 2.23. The third-order valence-corrected chi connectivity index (χ3v) is 4.96. The summed E-state index contributed by atoms with van der Waals surface area (Å²) in [6.07, 6.45) is 3.52. The van der Waals surface area contributed by atoms with Crippen LogP contribution < -0.4 is 4.90 Å². The van der Waals surface area contributed by atoms with Crippen LogP contribution in [0.25, 0.3) is 11.1 Å². The summed E-state index contributed by atoms with van der Waals surface area (Å²) in [6, 6.07) is 19.6. The molecule has 1 aliphatic heterocycles. The highest BCUT2D eigenvalue weighted by atomic mass is 19.1. The lowest BCUT2D eigenvalue weighted by Crippen LogP contribution is -2.36. The Morgan fingerprint density at radius 1 is 0.889 bits per heavy atom. The Bertz CT molecular complexity index is 872. The largest absolute Gasteiger partial charge is 0.378 e. The van der Waals surface area contributed by atoms with E-state index in [-0.39, 0.29) is 5.82 Å². The van der Waals surface area contributed by atoms with E-state index in [1.54, 1.807) is 12.1 Å². The number of halogens is 1. The summed E-state index contributed by atoms with van der Waals surface area (Å²) in [5.74, 6) is -0.184. The van der Waals surface area contributed by atoms with Gasteiger partial charge in [0.05, 0.1) is 13.2 Å². The van der Waals surface area contributed by atoms with Crippen molar-refractivity contribution in [1.29, 1.82) is 0 Å². The third-order valence-electron chi connectivity index (χ3n) is 4.96. The maximum absolute atomic E-state index is 13.3. The van der Waals surface area contributed by atoms with Crippen LogP contribution in [0.2, 0.25) is 0 Å². The molecule has 0 radical (unpaired) electrons. The molecule has 138 valence electrons. The van der Waals surface area contributed by atoms with Crippen LogP contribution >= 0.6 is 0 Å². The minimum absolute atomic E-state index is 0.184. The first kappa shape index (κ1) is 17.7. The lowest BCUT2D eigenvalue weighted by Gasteiger charge is -2.28. The summed E-state index contributed by atoms with van der Waals surface area (Å²) in [6.45, 7) is 3.48. The average Bonchev–Trinajstić information content (AvgIpc) is 2.74. The third kappa shape index (κ3) is 4.52. The normalized spacial score (nSPS) is 14.3. The maximum Gasteiger partial charge on any atom is 0.123 e. The van der Waals surface area contributed by atoms with Crippen LogP contribution in [0.1, 0.15) is 11.3 Å². The molecule has 0 aliphatic carbocycles. The molecular weight excluding hydrogens is 339 g/mol. The van der Waals surface area contributed by atoms with Gasteiger partial charge in [0.25, 0.3) is 0 Å². The van der Waals surface area contributed by atoms with Crippen molar-refractivity contribution in [2.45, 2.75) is 12.8 Å². The predicted octanol–water partition coefficient (Wildman–Crippen LogP) is 4.51. The summed E-state index contributed by atoms with van der Waals surface area (Å²) in [7, 11) is 0. The smallest absolute Gasteiger partial charge is 0.123 e. The standard InChI is InChI=1S/C23H23FN2O/c24-21-3-1-2-18(16-21)4-8-22-9-5-20(17-25-22)19-6-10-23(11-7-19)26-12-14-27-15-13-26/h1-3,5-7,9-11,16-17H,4,8,12-15H2. The zero-order valence-corrected chi connectivity index (χ0v) is 15.3. The van der Waals surface area contributed by atoms with Gasteiger partial charge in [-0.1, -0.05) is 30.3 Å². The van der Waals surface area contributed by atoms with Crippen molar-refractivity contribution in [2.24, 2.45) is 0 Å². The van der Waals surface area contributed by atoms with Crippen LogP contribution in [0.3, 0.4) is 0 Å². The molecule has 27 heavy (non-hydrogen) atoms. The number of pyridine rings is 1. The Morgan fingerprint density at radius 2 is 1.67 bits per heavy atom. The molecule has 3 nitrogen and oxygen atoms in total. The fourth-order valence-electron chi connectivity index (χ4n) is 3.39. The zero-order valence-electron chi connectivity index (χ0n) is 15.3. The molecule has 4 rings (SSSR count). The molecule has 2 aromatic carbocycles. The molecule has 1 fully saturated rings. The van der Waals surface area contributed by atoms with Gasteiger partial charge in [-0.15, -0.1) is 0 Å². The van der Waals surface area contributed by atoms with Gasteiger partial charge in [-0.05, 0) is 54.3 Å². The van der Waals surface area contributed by atoms with Crippen molar-refractivity contribution in [3.63, 3.8) is 0 Å². The van der Waals surface area contributed by atoms with E-state index >= 15 is 0 Å².